The highest BCUT2D eigenvalue weighted by Crippen LogP contribution is 2.15. The number of methoxy groups -OCH3 is 1. The first-order valence-corrected chi connectivity index (χ1v) is 7.90. The SMILES string of the molecule is COc1ccc(C(=O)[C@H](C)OC(=O)/C=C/c2c(C)nn(C)c2C)cc1. The number of rotatable bonds is 6. The number of nitrogens with zero attached hydrogens (tertiary/aromatic N) is 2. The molecule has 0 amide bonds. The van der Waals surface area contributed by atoms with Crippen molar-refractivity contribution in [2.24, 2.45) is 7.05 Å². The van der Waals surface area contributed by atoms with Crippen molar-refractivity contribution in [3.63, 3.8) is 0 Å². The number of benzene rings is 1. The Labute approximate surface area is 147 Å². The number of hydrogen-bond donors (Lipinski definition) is 0. The summed E-state index contributed by atoms with van der Waals surface area (Å²) in [6.07, 6.45) is 2.10. The summed E-state index contributed by atoms with van der Waals surface area (Å²) in [4.78, 5) is 24.3. The van der Waals surface area contributed by atoms with E-state index in [4.69, 9.17) is 9.47 Å². The van der Waals surface area contributed by atoms with Gasteiger partial charge < -0.3 is 9.47 Å². The van der Waals surface area contributed by atoms with Crippen LogP contribution in [0.4, 0.5) is 0 Å². The van der Waals surface area contributed by atoms with Crippen molar-refractivity contribution in [2.45, 2.75) is 26.9 Å². The van der Waals surface area contributed by atoms with E-state index >= 15 is 0 Å². The second kappa shape index (κ2) is 7.79. The van der Waals surface area contributed by atoms with Gasteiger partial charge in [0.15, 0.2) is 6.10 Å². The van der Waals surface area contributed by atoms with Crippen LogP contribution in [-0.4, -0.2) is 34.7 Å². The lowest BCUT2D eigenvalue weighted by Crippen LogP contribution is -2.23. The second-order valence-electron chi connectivity index (χ2n) is 5.71. The summed E-state index contributed by atoms with van der Waals surface area (Å²) in [5, 5.41) is 4.28. The Kier molecular flexibility index (Phi) is 5.75. The number of aryl methyl sites for hydroxylation is 2. The van der Waals surface area contributed by atoms with Crippen LogP contribution in [-0.2, 0) is 16.6 Å². The van der Waals surface area contributed by atoms with E-state index in [1.807, 2.05) is 20.9 Å². The molecule has 0 saturated carbocycles. The van der Waals surface area contributed by atoms with Gasteiger partial charge in [0.2, 0.25) is 5.78 Å². The molecule has 0 bridgehead atoms. The lowest BCUT2D eigenvalue weighted by molar-refractivity contribution is -0.140. The maximum absolute atomic E-state index is 12.3. The van der Waals surface area contributed by atoms with Crippen molar-refractivity contribution in [3.05, 3.63) is 52.9 Å². The average Bonchev–Trinajstić information content (AvgIpc) is 2.84. The fourth-order valence-corrected chi connectivity index (χ4v) is 2.44. The molecule has 132 valence electrons. The second-order valence-corrected chi connectivity index (χ2v) is 5.71. The summed E-state index contributed by atoms with van der Waals surface area (Å²) in [6, 6.07) is 6.67. The number of aromatic nitrogens is 2. The Morgan fingerprint density at radius 1 is 1.20 bits per heavy atom. The van der Waals surface area contributed by atoms with E-state index in [1.54, 1.807) is 49.1 Å². The predicted octanol–water partition coefficient (Wildman–Crippen LogP) is 2.87. The fourth-order valence-electron chi connectivity index (χ4n) is 2.44. The number of ketones is 1. The molecule has 1 aromatic carbocycles. The highest BCUT2D eigenvalue weighted by atomic mass is 16.5. The maximum atomic E-state index is 12.3. The van der Waals surface area contributed by atoms with E-state index in [0.29, 0.717) is 11.3 Å². The Balaban J connectivity index is 2.01. The van der Waals surface area contributed by atoms with E-state index in [0.717, 1.165) is 17.0 Å². The van der Waals surface area contributed by atoms with Gasteiger partial charge in [-0.05, 0) is 51.1 Å². The molecule has 0 spiro atoms. The third-order valence-electron chi connectivity index (χ3n) is 3.99. The van der Waals surface area contributed by atoms with Crippen LogP contribution >= 0.6 is 0 Å². The van der Waals surface area contributed by atoms with E-state index in [9.17, 15) is 9.59 Å². The van der Waals surface area contributed by atoms with Crippen molar-refractivity contribution in [1.29, 1.82) is 0 Å². The smallest absolute Gasteiger partial charge is 0.331 e. The predicted molar refractivity (Wildman–Crippen MR) is 94.6 cm³/mol. The first-order valence-electron chi connectivity index (χ1n) is 7.90. The van der Waals surface area contributed by atoms with Crippen molar-refractivity contribution >= 4 is 17.8 Å². The van der Waals surface area contributed by atoms with Gasteiger partial charge in [-0.25, -0.2) is 4.79 Å². The first-order chi connectivity index (χ1) is 11.8. The molecule has 0 radical (unpaired) electrons. The lowest BCUT2D eigenvalue weighted by atomic mass is 10.1. The molecule has 0 saturated heterocycles. The van der Waals surface area contributed by atoms with Gasteiger partial charge in [-0.15, -0.1) is 0 Å². The third-order valence-corrected chi connectivity index (χ3v) is 3.99. The highest BCUT2D eigenvalue weighted by Gasteiger charge is 2.18. The Bertz CT molecular complexity index is 804. The van der Waals surface area contributed by atoms with Gasteiger partial charge in [0.05, 0.1) is 12.8 Å². The minimum atomic E-state index is -0.873. The molecule has 1 atom stereocenters. The quantitative estimate of drug-likeness (QED) is 0.459. The molecule has 0 aliphatic rings. The number of Topliss-reactive ketones (excluding diaryl/α,β-unsaturated/α-hetero) is 1. The van der Waals surface area contributed by atoms with E-state index in [2.05, 4.69) is 5.10 Å². The van der Waals surface area contributed by atoms with E-state index in [1.165, 1.54) is 6.08 Å². The summed E-state index contributed by atoms with van der Waals surface area (Å²) in [5.41, 5.74) is 3.10. The molecule has 0 aliphatic carbocycles. The molecule has 0 fully saturated rings. The lowest BCUT2D eigenvalue weighted by Gasteiger charge is -2.11. The number of hydrogen-bond acceptors (Lipinski definition) is 5. The van der Waals surface area contributed by atoms with Crippen LogP contribution in [0.5, 0.6) is 5.75 Å². The van der Waals surface area contributed by atoms with Crippen molar-refractivity contribution in [2.75, 3.05) is 7.11 Å². The molecular formula is C19H22N2O4. The summed E-state index contributed by atoms with van der Waals surface area (Å²) in [7, 11) is 3.40. The van der Waals surface area contributed by atoms with Crippen LogP contribution in [0.15, 0.2) is 30.3 Å². The molecule has 0 N–H and O–H groups in total. The maximum Gasteiger partial charge on any atom is 0.331 e. The van der Waals surface area contributed by atoms with Crippen LogP contribution in [0, 0.1) is 13.8 Å². The molecule has 1 heterocycles. The zero-order valence-electron chi connectivity index (χ0n) is 15.1. The first kappa shape index (κ1) is 18.4. The monoisotopic (exact) mass is 342 g/mol. The topological polar surface area (TPSA) is 70.4 Å². The van der Waals surface area contributed by atoms with E-state index in [-0.39, 0.29) is 5.78 Å². The summed E-state index contributed by atoms with van der Waals surface area (Å²) in [5.74, 6) is -0.179. The van der Waals surface area contributed by atoms with Crippen LogP contribution in [0.1, 0.15) is 34.2 Å². The Hall–Kier alpha value is -2.89. The van der Waals surface area contributed by atoms with Crippen LogP contribution in [0.3, 0.4) is 0 Å². The molecule has 1 aromatic heterocycles. The number of carbonyl (C=O) groups is 2. The average molecular weight is 342 g/mol. The van der Waals surface area contributed by atoms with Gasteiger partial charge in [-0.1, -0.05) is 0 Å². The molecular weight excluding hydrogens is 320 g/mol. The van der Waals surface area contributed by atoms with Crippen molar-refractivity contribution in [1.82, 2.24) is 9.78 Å². The van der Waals surface area contributed by atoms with Crippen LogP contribution in [0.25, 0.3) is 6.08 Å². The summed E-state index contributed by atoms with van der Waals surface area (Å²) < 4.78 is 12.0. The van der Waals surface area contributed by atoms with Crippen molar-refractivity contribution in [3.8, 4) is 5.75 Å². The van der Waals surface area contributed by atoms with Gasteiger partial charge in [0, 0.05) is 29.9 Å². The van der Waals surface area contributed by atoms with Gasteiger partial charge in [-0.2, -0.15) is 5.10 Å². The normalized spacial score (nSPS) is 12.2. The Morgan fingerprint density at radius 3 is 2.36 bits per heavy atom. The zero-order valence-corrected chi connectivity index (χ0v) is 15.1. The van der Waals surface area contributed by atoms with Gasteiger partial charge in [0.1, 0.15) is 5.75 Å². The molecule has 25 heavy (non-hydrogen) atoms. The van der Waals surface area contributed by atoms with Gasteiger partial charge >= 0.3 is 5.97 Å². The minimum Gasteiger partial charge on any atom is -0.497 e. The van der Waals surface area contributed by atoms with E-state index < -0.39 is 12.1 Å². The fraction of sp³-hybridized carbons (Fsp3) is 0.316. The molecule has 0 unspecified atom stereocenters. The summed E-state index contributed by atoms with van der Waals surface area (Å²) >= 11 is 0. The third kappa shape index (κ3) is 4.35. The number of ether oxygens (including phenoxy) is 2. The Morgan fingerprint density at radius 2 is 1.84 bits per heavy atom. The zero-order chi connectivity index (χ0) is 18.6. The van der Waals surface area contributed by atoms with Gasteiger partial charge in [-0.3, -0.25) is 9.48 Å². The van der Waals surface area contributed by atoms with Crippen molar-refractivity contribution < 1.29 is 19.1 Å². The standard InChI is InChI=1S/C19H22N2O4/c1-12-17(13(2)21(4)20-12)10-11-18(22)25-14(3)19(23)15-6-8-16(24-5)9-7-15/h6-11,14H,1-5H3/b11-10+/t14-/m0/s1. The molecule has 6 heteroatoms. The molecule has 2 aromatic rings. The molecule has 2 rings (SSSR count). The molecule has 0 aliphatic heterocycles. The minimum absolute atomic E-state index is 0.266. The number of esters is 1. The highest BCUT2D eigenvalue weighted by molar-refractivity contribution is 6.01. The largest absolute Gasteiger partial charge is 0.497 e. The summed E-state index contributed by atoms with van der Waals surface area (Å²) in [6.45, 7) is 5.34. The van der Waals surface area contributed by atoms with Crippen LogP contribution < -0.4 is 4.74 Å². The van der Waals surface area contributed by atoms with Crippen LogP contribution in [0.2, 0.25) is 0 Å². The molecule has 6 nitrogen and oxygen atoms in total. The number of carbonyl (C=O) groups excluding carboxylic acids is 2. The van der Waals surface area contributed by atoms with Gasteiger partial charge in [0.25, 0.3) is 0 Å².